The molecule has 4 rings (SSSR count). The first-order valence-corrected chi connectivity index (χ1v) is 15.3. The quantitative estimate of drug-likeness (QED) is 0.249. The van der Waals surface area contributed by atoms with Crippen LogP contribution in [0.4, 0.5) is 23.5 Å². The number of hydrogen-bond acceptors (Lipinski definition) is 14. The summed E-state index contributed by atoms with van der Waals surface area (Å²) < 4.78 is 33.0. The molecule has 0 bridgehead atoms. The van der Waals surface area contributed by atoms with E-state index in [4.69, 9.17) is 48.4 Å². The highest BCUT2D eigenvalue weighted by Crippen LogP contribution is 2.33. The van der Waals surface area contributed by atoms with Crippen molar-refractivity contribution < 1.29 is 28.4 Å². The highest BCUT2D eigenvalue weighted by molar-refractivity contribution is 5.95. The van der Waals surface area contributed by atoms with Gasteiger partial charge in [0.25, 0.3) is 0 Å². The third kappa shape index (κ3) is 9.19. The van der Waals surface area contributed by atoms with E-state index in [0.29, 0.717) is 87.3 Å². The van der Waals surface area contributed by atoms with E-state index in [-0.39, 0.29) is 6.10 Å². The Balaban J connectivity index is 1.85. The number of fused-ring (bicyclic) bond motifs is 1. The number of hydrogen-bond donors (Lipinski definition) is 1. The molecule has 1 unspecified atom stereocenters. The smallest absolute Gasteiger partial charge is 0.228 e. The van der Waals surface area contributed by atoms with Gasteiger partial charge in [-0.2, -0.15) is 9.97 Å². The molecule has 43 heavy (non-hydrogen) atoms. The summed E-state index contributed by atoms with van der Waals surface area (Å²) in [6.07, 6.45) is 3.07. The van der Waals surface area contributed by atoms with E-state index in [2.05, 4.69) is 20.0 Å². The number of aromatic nitrogens is 4. The van der Waals surface area contributed by atoms with Gasteiger partial charge in [0, 0.05) is 93.9 Å². The predicted molar refractivity (Wildman–Crippen MR) is 167 cm³/mol. The minimum absolute atomic E-state index is 0.235. The third-order valence-corrected chi connectivity index (χ3v) is 7.99. The van der Waals surface area contributed by atoms with E-state index in [0.717, 1.165) is 57.9 Å². The highest BCUT2D eigenvalue weighted by atomic mass is 16.5. The van der Waals surface area contributed by atoms with Crippen LogP contribution in [0, 0.1) is 5.92 Å². The molecule has 0 radical (unpaired) electrons. The molecule has 0 aromatic carbocycles. The van der Waals surface area contributed by atoms with Gasteiger partial charge in [0.2, 0.25) is 11.9 Å². The predicted octanol–water partition coefficient (Wildman–Crippen LogP) is 1.68. The maximum absolute atomic E-state index is 5.67. The van der Waals surface area contributed by atoms with Crippen LogP contribution in [0.5, 0.6) is 0 Å². The van der Waals surface area contributed by atoms with Crippen LogP contribution in [0.3, 0.4) is 0 Å². The van der Waals surface area contributed by atoms with E-state index in [1.54, 1.807) is 35.5 Å². The lowest BCUT2D eigenvalue weighted by Crippen LogP contribution is -2.38. The van der Waals surface area contributed by atoms with Crippen molar-refractivity contribution in [1.82, 2.24) is 19.9 Å². The van der Waals surface area contributed by atoms with E-state index < -0.39 is 0 Å². The molecule has 0 amide bonds. The number of piperidine rings is 1. The molecule has 2 aromatic heterocycles. The molecule has 14 heteroatoms. The maximum Gasteiger partial charge on any atom is 0.228 e. The molecule has 0 aliphatic carbocycles. The summed E-state index contributed by atoms with van der Waals surface area (Å²) in [6, 6.07) is 0. The Morgan fingerprint density at radius 3 is 1.81 bits per heavy atom. The molecular formula is C29H50N8O6. The number of nitrogens with zero attached hydrogens (tertiary/aromatic N) is 7. The summed E-state index contributed by atoms with van der Waals surface area (Å²) in [5.74, 6) is 3.07. The molecule has 2 aliphatic heterocycles. The zero-order chi connectivity index (χ0) is 30.4. The first-order valence-electron chi connectivity index (χ1n) is 15.3. The van der Waals surface area contributed by atoms with Gasteiger partial charge in [-0.05, 0) is 19.3 Å². The van der Waals surface area contributed by atoms with Gasteiger partial charge in [-0.25, -0.2) is 9.97 Å². The van der Waals surface area contributed by atoms with Gasteiger partial charge in [0.1, 0.15) is 11.0 Å². The van der Waals surface area contributed by atoms with Crippen molar-refractivity contribution in [2.24, 2.45) is 5.92 Å². The lowest BCUT2D eigenvalue weighted by atomic mass is 10.1. The van der Waals surface area contributed by atoms with E-state index >= 15 is 0 Å². The number of nitrogens with one attached hydrogen (secondary N) is 1. The van der Waals surface area contributed by atoms with Gasteiger partial charge in [-0.1, -0.05) is 0 Å². The Hall–Kier alpha value is -2.62. The van der Waals surface area contributed by atoms with Crippen LogP contribution >= 0.6 is 0 Å². The molecule has 242 valence electrons. The highest BCUT2D eigenvalue weighted by Gasteiger charge is 2.27. The van der Waals surface area contributed by atoms with E-state index in [1.165, 1.54) is 0 Å². The minimum Gasteiger partial charge on any atom is -0.383 e. The summed E-state index contributed by atoms with van der Waals surface area (Å²) in [7, 11) is 8.57. The number of anilines is 4. The van der Waals surface area contributed by atoms with Gasteiger partial charge in [0.05, 0.1) is 39.1 Å². The largest absolute Gasteiger partial charge is 0.383 e. The van der Waals surface area contributed by atoms with Gasteiger partial charge >= 0.3 is 0 Å². The Bertz CT molecular complexity index is 1080. The standard InChI is InChI=1S/C29H50N8O6/c1-38-16-11-36(12-17-39-2)28-32-25-24(26(33-28)30-20-22-8-15-43-21-22)31-29(37(13-18-40-3)14-19-41-4)34-27(25)35-9-6-23(42-5)7-10-35/h22-23H,6-21H2,1-5H3,(H,30,32,33). The molecule has 2 aliphatic rings. The second kappa shape index (κ2) is 17.6. The van der Waals surface area contributed by atoms with Crippen LogP contribution < -0.4 is 20.0 Å². The second-order valence-electron chi connectivity index (χ2n) is 10.9. The second-order valence-corrected chi connectivity index (χ2v) is 10.9. The molecule has 1 atom stereocenters. The van der Waals surface area contributed by atoms with E-state index in [9.17, 15) is 0 Å². The van der Waals surface area contributed by atoms with Crippen molar-refractivity contribution >= 4 is 34.6 Å². The zero-order valence-corrected chi connectivity index (χ0v) is 26.5. The molecule has 4 heterocycles. The average Bonchev–Trinajstić information content (AvgIpc) is 3.57. The first-order chi connectivity index (χ1) is 21.1. The van der Waals surface area contributed by atoms with Crippen LogP contribution in [0.1, 0.15) is 19.3 Å². The van der Waals surface area contributed by atoms with Crippen molar-refractivity contribution in [3.05, 3.63) is 0 Å². The molecule has 14 nitrogen and oxygen atoms in total. The fraction of sp³-hybridized carbons (Fsp3) is 0.793. The van der Waals surface area contributed by atoms with Gasteiger partial charge in [0.15, 0.2) is 11.6 Å². The topological polar surface area (TPSA) is 129 Å². The fourth-order valence-electron chi connectivity index (χ4n) is 5.32. The van der Waals surface area contributed by atoms with Crippen molar-refractivity contribution in [3.8, 4) is 0 Å². The maximum atomic E-state index is 5.67. The molecular weight excluding hydrogens is 556 g/mol. The SMILES string of the molecule is COCCN(CCOC)c1nc(N2CCC(OC)CC2)c2nc(N(CCOC)CCOC)nc(NCC3CCOC3)c2n1. The van der Waals surface area contributed by atoms with Crippen LogP contribution in [0.15, 0.2) is 0 Å². The number of rotatable bonds is 19. The van der Waals surface area contributed by atoms with E-state index in [1.807, 2.05) is 0 Å². The number of ether oxygens (including phenoxy) is 6. The monoisotopic (exact) mass is 606 g/mol. The molecule has 0 saturated carbocycles. The van der Waals surface area contributed by atoms with Crippen molar-refractivity contribution in [3.63, 3.8) is 0 Å². The molecule has 2 fully saturated rings. The molecule has 2 aromatic rings. The van der Waals surface area contributed by atoms with Crippen LogP contribution in [0.2, 0.25) is 0 Å². The summed E-state index contributed by atoms with van der Waals surface area (Å²) in [6.45, 7) is 8.49. The molecule has 2 saturated heterocycles. The average molecular weight is 607 g/mol. The lowest BCUT2D eigenvalue weighted by Gasteiger charge is -2.33. The van der Waals surface area contributed by atoms with Gasteiger partial charge in [-0.15, -0.1) is 0 Å². The van der Waals surface area contributed by atoms with Crippen molar-refractivity contribution in [1.29, 1.82) is 0 Å². The number of methoxy groups -OCH3 is 5. The van der Waals surface area contributed by atoms with Crippen LogP contribution in [0.25, 0.3) is 11.0 Å². The van der Waals surface area contributed by atoms with Crippen molar-refractivity contribution in [2.75, 3.05) is 141 Å². The Labute approximate surface area is 255 Å². The minimum atomic E-state index is 0.235. The summed E-state index contributed by atoms with van der Waals surface area (Å²) in [5, 5.41) is 3.62. The van der Waals surface area contributed by atoms with Crippen LogP contribution in [-0.4, -0.2) is 147 Å². The Kier molecular flexibility index (Phi) is 13.6. The molecule has 0 spiro atoms. The van der Waals surface area contributed by atoms with Gasteiger partial charge < -0.3 is 48.4 Å². The third-order valence-electron chi connectivity index (χ3n) is 7.99. The van der Waals surface area contributed by atoms with Crippen LogP contribution in [-0.2, 0) is 28.4 Å². The Morgan fingerprint density at radius 1 is 0.744 bits per heavy atom. The fourth-order valence-corrected chi connectivity index (χ4v) is 5.32. The lowest BCUT2D eigenvalue weighted by molar-refractivity contribution is 0.0818. The normalized spacial score (nSPS) is 17.6. The van der Waals surface area contributed by atoms with Gasteiger partial charge in [-0.3, -0.25) is 0 Å². The summed E-state index contributed by atoms with van der Waals surface area (Å²) in [4.78, 5) is 27.0. The summed E-state index contributed by atoms with van der Waals surface area (Å²) >= 11 is 0. The van der Waals surface area contributed by atoms with Crippen molar-refractivity contribution in [2.45, 2.75) is 25.4 Å². The zero-order valence-electron chi connectivity index (χ0n) is 26.5. The molecule has 1 N–H and O–H groups in total. The summed E-state index contributed by atoms with van der Waals surface area (Å²) in [5.41, 5.74) is 1.41. The Morgan fingerprint density at radius 2 is 1.30 bits per heavy atom. The first kappa shape index (κ1) is 33.3.